The van der Waals surface area contributed by atoms with Crippen LogP contribution < -0.4 is 10.5 Å². The summed E-state index contributed by atoms with van der Waals surface area (Å²) in [5.74, 6) is 0.780. The molecule has 0 saturated heterocycles. The molecule has 114 valence electrons. The Kier molecular flexibility index (Phi) is 5.11. The van der Waals surface area contributed by atoms with Gasteiger partial charge in [-0.15, -0.1) is 0 Å². The van der Waals surface area contributed by atoms with Gasteiger partial charge in [-0.05, 0) is 41.5 Å². The number of nitrogens with two attached hydrogens (primary N) is 1. The number of non-ortho nitro benzene ring substituents is 1. The second-order valence-corrected chi connectivity index (χ2v) is 4.62. The third kappa shape index (κ3) is 4.32. The van der Waals surface area contributed by atoms with E-state index in [0.717, 1.165) is 11.1 Å². The standard InChI is InChI=1S/C16H16N2O4/c17-10-15(19)9-12-3-7-16(8-4-12)22-11-13-1-5-14(6-2-13)18(20)21/h1-9,19H,10-11,17H2. The third-order valence-corrected chi connectivity index (χ3v) is 2.98. The van der Waals surface area contributed by atoms with E-state index in [1.807, 2.05) is 0 Å². The molecular formula is C16H16N2O4. The van der Waals surface area contributed by atoms with Gasteiger partial charge in [0.25, 0.3) is 5.69 Å². The smallest absolute Gasteiger partial charge is 0.269 e. The van der Waals surface area contributed by atoms with Crippen molar-refractivity contribution >= 4 is 11.8 Å². The summed E-state index contributed by atoms with van der Waals surface area (Å²) in [6, 6.07) is 13.4. The second-order valence-electron chi connectivity index (χ2n) is 4.62. The van der Waals surface area contributed by atoms with Crippen molar-refractivity contribution < 1.29 is 14.8 Å². The summed E-state index contributed by atoms with van der Waals surface area (Å²) in [7, 11) is 0. The van der Waals surface area contributed by atoms with E-state index in [0.29, 0.717) is 12.4 Å². The van der Waals surface area contributed by atoms with Crippen LogP contribution in [0.4, 0.5) is 5.69 Å². The highest BCUT2D eigenvalue weighted by molar-refractivity contribution is 5.52. The first kappa shape index (κ1) is 15.5. The molecule has 3 N–H and O–H groups in total. The van der Waals surface area contributed by atoms with E-state index in [9.17, 15) is 15.2 Å². The minimum atomic E-state index is -0.437. The number of nitro benzene ring substituents is 1. The average molecular weight is 300 g/mol. The summed E-state index contributed by atoms with van der Waals surface area (Å²) in [4.78, 5) is 10.1. The Morgan fingerprint density at radius 3 is 2.36 bits per heavy atom. The first-order valence-corrected chi connectivity index (χ1v) is 6.64. The van der Waals surface area contributed by atoms with Crippen LogP contribution in [0.25, 0.3) is 6.08 Å². The van der Waals surface area contributed by atoms with Crippen LogP contribution in [-0.4, -0.2) is 16.6 Å². The molecule has 0 bridgehead atoms. The Labute approximate surface area is 127 Å². The Balaban J connectivity index is 1.95. The number of ether oxygens (including phenoxy) is 1. The molecule has 2 aromatic carbocycles. The summed E-state index contributed by atoms with van der Waals surface area (Å²) in [5.41, 5.74) is 7.03. The molecule has 0 unspecified atom stereocenters. The predicted octanol–water partition coefficient (Wildman–Crippen LogP) is 3.03. The molecule has 0 heterocycles. The Hall–Kier alpha value is -2.86. The largest absolute Gasteiger partial charge is 0.511 e. The molecule has 0 aliphatic carbocycles. The van der Waals surface area contributed by atoms with Crippen LogP contribution in [0.1, 0.15) is 11.1 Å². The lowest BCUT2D eigenvalue weighted by atomic mass is 10.2. The van der Waals surface area contributed by atoms with Crippen molar-refractivity contribution in [2.24, 2.45) is 5.73 Å². The maximum Gasteiger partial charge on any atom is 0.269 e. The van der Waals surface area contributed by atoms with E-state index >= 15 is 0 Å². The summed E-state index contributed by atoms with van der Waals surface area (Å²) >= 11 is 0. The van der Waals surface area contributed by atoms with Gasteiger partial charge in [0, 0.05) is 12.1 Å². The number of aliphatic hydroxyl groups excluding tert-OH is 1. The normalized spacial score (nSPS) is 11.2. The van der Waals surface area contributed by atoms with Gasteiger partial charge in [0.2, 0.25) is 0 Å². The average Bonchev–Trinajstić information content (AvgIpc) is 2.54. The molecule has 0 atom stereocenters. The van der Waals surface area contributed by atoms with Crippen LogP contribution in [0.2, 0.25) is 0 Å². The predicted molar refractivity (Wildman–Crippen MR) is 83.5 cm³/mol. The monoisotopic (exact) mass is 300 g/mol. The molecule has 0 aliphatic rings. The number of hydrogen-bond donors (Lipinski definition) is 2. The molecule has 0 amide bonds. The number of hydrogen-bond acceptors (Lipinski definition) is 5. The summed E-state index contributed by atoms with van der Waals surface area (Å²) in [6.07, 6.45) is 1.58. The molecule has 0 spiro atoms. The van der Waals surface area contributed by atoms with Gasteiger partial charge in [-0.3, -0.25) is 10.1 Å². The van der Waals surface area contributed by atoms with Gasteiger partial charge >= 0.3 is 0 Å². The highest BCUT2D eigenvalue weighted by Crippen LogP contribution is 2.17. The number of rotatable bonds is 6. The molecule has 0 fully saturated rings. The molecule has 0 saturated carbocycles. The summed E-state index contributed by atoms with van der Waals surface area (Å²) < 4.78 is 5.60. The number of nitro groups is 1. The van der Waals surface area contributed by atoms with Crippen molar-refractivity contribution in [3.8, 4) is 5.75 Å². The fraction of sp³-hybridized carbons (Fsp3) is 0.125. The number of aliphatic hydroxyl groups is 1. The SMILES string of the molecule is NCC(O)=Cc1ccc(OCc2ccc([N+](=O)[O-])cc2)cc1. The summed E-state index contributed by atoms with van der Waals surface area (Å²) in [5, 5.41) is 19.9. The maximum absolute atomic E-state index is 10.6. The molecule has 6 heteroatoms. The molecule has 0 aliphatic heterocycles. The van der Waals surface area contributed by atoms with E-state index < -0.39 is 4.92 Å². The van der Waals surface area contributed by atoms with Gasteiger partial charge in [-0.2, -0.15) is 0 Å². The van der Waals surface area contributed by atoms with E-state index in [-0.39, 0.29) is 18.0 Å². The van der Waals surface area contributed by atoms with Crippen molar-refractivity contribution in [2.75, 3.05) is 6.54 Å². The molecule has 0 radical (unpaired) electrons. The van der Waals surface area contributed by atoms with Crippen LogP contribution in [0.5, 0.6) is 5.75 Å². The van der Waals surface area contributed by atoms with Gasteiger partial charge in [0.1, 0.15) is 18.1 Å². The Bertz CT molecular complexity index is 664. The van der Waals surface area contributed by atoms with E-state index in [2.05, 4.69) is 0 Å². The molecule has 0 aromatic heterocycles. The molecule has 2 rings (SSSR count). The summed E-state index contributed by atoms with van der Waals surface area (Å²) in [6.45, 7) is 0.416. The molecular weight excluding hydrogens is 284 g/mol. The fourth-order valence-electron chi connectivity index (χ4n) is 1.79. The topological polar surface area (TPSA) is 98.6 Å². The van der Waals surface area contributed by atoms with Gasteiger partial charge < -0.3 is 15.6 Å². The molecule has 2 aromatic rings. The van der Waals surface area contributed by atoms with Crippen molar-refractivity contribution in [1.29, 1.82) is 0 Å². The van der Waals surface area contributed by atoms with Crippen LogP contribution in [-0.2, 0) is 6.61 Å². The Morgan fingerprint density at radius 1 is 1.18 bits per heavy atom. The minimum Gasteiger partial charge on any atom is -0.511 e. The fourth-order valence-corrected chi connectivity index (χ4v) is 1.79. The van der Waals surface area contributed by atoms with Crippen molar-refractivity contribution in [2.45, 2.75) is 6.61 Å². The first-order chi connectivity index (χ1) is 10.6. The molecule has 22 heavy (non-hydrogen) atoms. The zero-order valence-corrected chi connectivity index (χ0v) is 11.8. The van der Waals surface area contributed by atoms with Crippen molar-refractivity contribution in [1.82, 2.24) is 0 Å². The zero-order chi connectivity index (χ0) is 15.9. The third-order valence-electron chi connectivity index (χ3n) is 2.98. The van der Waals surface area contributed by atoms with Gasteiger partial charge in [-0.25, -0.2) is 0 Å². The van der Waals surface area contributed by atoms with Gasteiger partial charge in [0.15, 0.2) is 0 Å². The van der Waals surface area contributed by atoms with Crippen molar-refractivity contribution in [3.05, 3.63) is 75.5 Å². The van der Waals surface area contributed by atoms with Crippen LogP contribution >= 0.6 is 0 Å². The second kappa shape index (κ2) is 7.24. The van der Waals surface area contributed by atoms with Crippen LogP contribution in [0.3, 0.4) is 0 Å². The minimum absolute atomic E-state index is 0.0552. The highest BCUT2D eigenvalue weighted by Gasteiger charge is 2.04. The highest BCUT2D eigenvalue weighted by atomic mass is 16.6. The van der Waals surface area contributed by atoms with E-state index in [1.165, 1.54) is 12.1 Å². The van der Waals surface area contributed by atoms with Gasteiger partial charge in [-0.1, -0.05) is 12.1 Å². The number of benzene rings is 2. The van der Waals surface area contributed by atoms with Gasteiger partial charge in [0.05, 0.1) is 11.5 Å². The van der Waals surface area contributed by atoms with E-state index in [1.54, 1.807) is 42.5 Å². The van der Waals surface area contributed by atoms with Crippen molar-refractivity contribution in [3.63, 3.8) is 0 Å². The van der Waals surface area contributed by atoms with Crippen LogP contribution in [0, 0.1) is 10.1 Å². The quantitative estimate of drug-likeness (QED) is 0.485. The maximum atomic E-state index is 10.6. The lowest BCUT2D eigenvalue weighted by Gasteiger charge is -2.06. The lowest BCUT2D eigenvalue weighted by molar-refractivity contribution is -0.384. The zero-order valence-electron chi connectivity index (χ0n) is 11.8. The molecule has 6 nitrogen and oxygen atoms in total. The number of nitrogens with zero attached hydrogens (tertiary/aromatic N) is 1. The van der Waals surface area contributed by atoms with Crippen LogP contribution in [0.15, 0.2) is 54.3 Å². The Morgan fingerprint density at radius 2 is 1.82 bits per heavy atom. The first-order valence-electron chi connectivity index (χ1n) is 6.64. The van der Waals surface area contributed by atoms with E-state index in [4.69, 9.17) is 10.5 Å². The lowest BCUT2D eigenvalue weighted by Crippen LogP contribution is -2.01.